The topological polar surface area (TPSA) is 122 Å². The predicted octanol–water partition coefficient (Wildman–Crippen LogP) is 10.3. The third-order valence-corrected chi connectivity index (χ3v) is 14.4. The summed E-state index contributed by atoms with van der Waals surface area (Å²) < 4.78 is 131. The van der Waals surface area contributed by atoms with Gasteiger partial charge in [-0.2, -0.15) is 31.4 Å². The fourth-order valence-corrected chi connectivity index (χ4v) is 11.4. The number of aryl methyl sites for hydroxylation is 2. The van der Waals surface area contributed by atoms with Crippen molar-refractivity contribution in [1.82, 2.24) is 9.78 Å². The molecule has 3 aromatic carbocycles. The molecular formula is C43H30ClF9N4O6S. The molecule has 4 aliphatic rings. The molecule has 0 radical (unpaired) electrons. The highest BCUT2D eigenvalue weighted by Crippen LogP contribution is 2.65. The Balaban J connectivity index is 1.17. The van der Waals surface area contributed by atoms with Crippen LogP contribution >= 0.6 is 22.9 Å². The number of hydrogen-bond acceptors (Lipinski definition) is 8. The minimum absolute atomic E-state index is 0.00854. The van der Waals surface area contributed by atoms with Crippen molar-refractivity contribution in [2.75, 3.05) is 9.80 Å². The van der Waals surface area contributed by atoms with Crippen LogP contribution in [0.15, 0.2) is 72.3 Å². The molecular weight excluding hydrogens is 907 g/mol. The lowest BCUT2D eigenvalue weighted by Crippen LogP contribution is -2.49. The zero-order valence-corrected chi connectivity index (χ0v) is 34.7. The number of carbonyl (C=O) groups excluding carboxylic acids is 4. The van der Waals surface area contributed by atoms with Gasteiger partial charge < -0.3 is 9.84 Å². The summed E-state index contributed by atoms with van der Waals surface area (Å²) in [5, 5.41) is 17.3. The normalized spacial score (nSPS) is 25.0. The zero-order valence-electron chi connectivity index (χ0n) is 33.1. The number of carbonyl (C=O) groups is 4. The number of aromatic hydroxyl groups is 1. The van der Waals surface area contributed by atoms with Crippen molar-refractivity contribution in [2.24, 2.45) is 36.1 Å². The van der Waals surface area contributed by atoms with Crippen LogP contribution in [0.1, 0.15) is 47.9 Å². The molecule has 334 valence electrons. The van der Waals surface area contributed by atoms with Gasteiger partial charge in [-0.1, -0.05) is 23.3 Å². The molecule has 1 N–H and O–H groups in total. The highest BCUT2D eigenvalue weighted by molar-refractivity contribution is 7.22. The first kappa shape index (κ1) is 43.4. The number of anilines is 2. The minimum atomic E-state index is -5.32. The first-order valence-corrected chi connectivity index (χ1v) is 20.6. The van der Waals surface area contributed by atoms with Crippen molar-refractivity contribution in [3.8, 4) is 22.1 Å². The summed E-state index contributed by atoms with van der Waals surface area (Å²) in [6.07, 6.45) is -15.2. The Kier molecular flexibility index (Phi) is 9.69. The Bertz CT molecular complexity index is 2870. The predicted molar refractivity (Wildman–Crippen MR) is 212 cm³/mol. The Morgan fingerprint density at radius 3 is 2.16 bits per heavy atom. The van der Waals surface area contributed by atoms with E-state index in [1.54, 1.807) is 12.1 Å². The smallest absolute Gasteiger partial charge is 0.508 e. The Morgan fingerprint density at radius 2 is 1.52 bits per heavy atom. The van der Waals surface area contributed by atoms with Gasteiger partial charge in [0.1, 0.15) is 23.0 Å². The number of alkyl halides is 9. The Labute approximate surface area is 364 Å². The lowest BCUT2D eigenvalue weighted by molar-refractivity contribution is -0.274. The molecule has 0 spiro atoms. The molecule has 3 fully saturated rings. The van der Waals surface area contributed by atoms with Gasteiger partial charge in [0.15, 0.2) is 0 Å². The first-order chi connectivity index (χ1) is 29.8. The van der Waals surface area contributed by atoms with Gasteiger partial charge in [0.05, 0.1) is 44.9 Å². The van der Waals surface area contributed by atoms with Gasteiger partial charge in [0.2, 0.25) is 23.6 Å². The van der Waals surface area contributed by atoms with Gasteiger partial charge in [-0.15, -0.1) is 24.5 Å². The number of thiophene rings is 1. The van der Waals surface area contributed by atoms with Crippen LogP contribution in [0.5, 0.6) is 11.5 Å². The maximum Gasteiger partial charge on any atom is 0.573 e. The minimum Gasteiger partial charge on any atom is -0.508 e. The molecule has 21 heteroatoms. The summed E-state index contributed by atoms with van der Waals surface area (Å²) in [5.41, 5.74) is -5.50. The number of nitrogens with zero attached hydrogens (tertiary/aromatic N) is 4. The van der Waals surface area contributed by atoms with E-state index in [-0.39, 0.29) is 52.9 Å². The van der Waals surface area contributed by atoms with Crippen molar-refractivity contribution in [2.45, 2.75) is 51.3 Å². The first-order valence-electron chi connectivity index (χ1n) is 19.4. The Morgan fingerprint density at radius 1 is 0.844 bits per heavy atom. The van der Waals surface area contributed by atoms with Crippen LogP contribution in [0.3, 0.4) is 0 Å². The van der Waals surface area contributed by atoms with Crippen molar-refractivity contribution >= 4 is 68.2 Å². The lowest BCUT2D eigenvalue weighted by atomic mass is 9.51. The van der Waals surface area contributed by atoms with Gasteiger partial charge in [0, 0.05) is 34.3 Å². The SMILES string of the molecule is Cc1c(-c2cc(N3C(=O)C4CC5C(=CCC6C(=O)N(c7cc(C(F)(F)F)cc(C(F)(F)F)c7)C(=O)C65)C(c5cc(OC(F)(F)F)ccc5O)C4(C)C3=O)n(C)n2)sc2ccc(Cl)cc12. The molecule has 64 heavy (non-hydrogen) atoms. The number of hydrogen-bond donors (Lipinski definition) is 1. The molecule has 10 nitrogen and oxygen atoms in total. The molecule has 9 rings (SSSR count). The lowest BCUT2D eigenvalue weighted by Gasteiger charge is -2.49. The molecule has 6 atom stereocenters. The maximum atomic E-state index is 15.1. The fraction of sp³-hybridized carbons (Fsp3) is 0.326. The van der Waals surface area contributed by atoms with E-state index < -0.39 is 106 Å². The number of halogens is 10. The molecule has 6 unspecified atom stereocenters. The maximum absolute atomic E-state index is 15.1. The number of phenols is 1. The average molecular weight is 937 g/mol. The molecule has 5 aromatic rings. The number of ether oxygens (including phenoxy) is 1. The van der Waals surface area contributed by atoms with Crippen LogP contribution in [0.4, 0.5) is 51.0 Å². The third-order valence-electron chi connectivity index (χ3n) is 12.9. The van der Waals surface area contributed by atoms with E-state index >= 15 is 4.79 Å². The Hall–Kier alpha value is -5.89. The summed E-state index contributed by atoms with van der Waals surface area (Å²) in [7, 11) is 1.48. The number of allylic oxidation sites excluding steroid dienone is 2. The third kappa shape index (κ3) is 6.65. The summed E-state index contributed by atoms with van der Waals surface area (Å²) in [4.78, 5) is 60.3. The second-order valence-electron chi connectivity index (χ2n) is 16.4. The van der Waals surface area contributed by atoms with Crippen LogP contribution in [0, 0.1) is 36.0 Å². The number of rotatable bonds is 5. The van der Waals surface area contributed by atoms with Crippen LogP contribution < -0.4 is 14.5 Å². The number of fused-ring (bicyclic) bond motifs is 5. The number of amides is 4. The van der Waals surface area contributed by atoms with Gasteiger partial charge in [-0.3, -0.25) is 23.9 Å². The van der Waals surface area contributed by atoms with Crippen molar-refractivity contribution in [1.29, 1.82) is 0 Å². The van der Waals surface area contributed by atoms with E-state index in [9.17, 15) is 59.0 Å². The molecule has 4 heterocycles. The van der Waals surface area contributed by atoms with Gasteiger partial charge in [0.25, 0.3) is 0 Å². The van der Waals surface area contributed by atoms with Crippen LogP contribution in [0.2, 0.25) is 5.02 Å². The number of benzene rings is 3. The van der Waals surface area contributed by atoms with Gasteiger partial charge >= 0.3 is 18.7 Å². The molecule has 4 amide bonds. The van der Waals surface area contributed by atoms with E-state index in [1.165, 1.54) is 42.1 Å². The van der Waals surface area contributed by atoms with Crippen molar-refractivity contribution < 1.29 is 68.5 Å². The summed E-state index contributed by atoms with van der Waals surface area (Å²) in [6.45, 7) is 3.23. The van der Waals surface area contributed by atoms with Crippen molar-refractivity contribution in [3.63, 3.8) is 0 Å². The largest absolute Gasteiger partial charge is 0.573 e. The second kappa shape index (κ2) is 14.3. The highest BCUT2D eigenvalue weighted by atomic mass is 35.5. The monoisotopic (exact) mass is 936 g/mol. The van der Waals surface area contributed by atoms with E-state index in [0.717, 1.165) is 38.7 Å². The molecule has 2 aliphatic carbocycles. The van der Waals surface area contributed by atoms with E-state index in [2.05, 4.69) is 9.84 Å². The van der Waals surface area contributed by atoms with E-state index in [1.807, 2.05) is 13.0 Å². The number of phenolic OH excluding ortho intramolecular Hbond substituents is 1. The fourth-order valence-electron chi connectivity index (χ4n) is 10.1. The number of imide groups is 2. The van der Waals surface area contributed by atoms with Crippen LogP contribution in [-0.2, 0) is 38.6 Å². The van der Waals surface area contributed by atoms with Crippen molar-refractivity contribution in [3.05, 3.63) is 99.6 Å². The summed E-state index contributed by atoms with van der Waals surface area (Å²) >= 11 is 7.63. The van der Waals surface area contributed by atoms with E-state index in [4.69, 9.17) is 11.6 Å². The van der Waals surface area contributed by atoms with Gasteiger partial charge in [-0.05, 0) is 98.2 Å². The quantitative estimate of drug-likeness (QED) is 0.106. The van der Waals surface area contributed by atoms with Crippen LogP contribution in [-0.4, -0.2) is 44.9 Å². The standard InChI is InChI=1S/C43H30ClF9N4O6S/c1-17-25-13-20(44)4-9-31(25)64-35(17)29-16-32(55(3)54-29)57-37(60)28-15-26-23(34(40(28,2)39(57)62)27-14-22(5-8-30(27)58)63-43(51,52)53)6-7-24-33(26)38(61)56(36(24)59)21-11-18(41(45,46)47)10-19(12-21)42(48,49)50/h4-6,8-14,16,24,26,28,33-34,58H,7,15H2,1-3H3. The average Bonchev–Trinajstić information content (AvgIpc) is 3.87. The molecule has 2 saturated heterocycles. The second-order valence-corrected chi connectivity index (χ2v) is 17.9. The summed E-state index contributed by atoms with van der Waals surface area (Å²) in [5.74, 6) is -12.5. The molecule has 2 aromatic heterocycles. The zero-order chi connectivity index (χ0) is 46.3. The van der Waals surface area contributed by atoms with E-state index in [0.29, 0.717) is 15.6 Å². The molecule has 0 bridgehead atoms. The number of aromatic nitrogens is 2. The summed E-state index contributed by atoms with van der Waals surface area (Å²) in [6, 6.07) is 9.69. The molecule has 2 aliphatic heterocycles. The highest BCUT2D eigenvalue weighted by Gasteiger charge is 2.68. The van der Waals surface area contributed by atoms with Gasteiger partial charge in [-0.25, -0.2) is 9.80 Å². The van der Waals surface area contributed by atoms with Crippen LogP contribution in [0.25, 0.3) is 20.7 Å². The molecule has 1 saturated carbocycles.